The van der Waals surface area contributed by atoms with Gasteiger partial charge in [0.05, 0.1) is 0 Å². The molecule has 2 rings (SSSR count). The summed E-state index contributed by atoms with van der Waals surface area (Å²) < 4.78 is 0. The second-order valence-electron chi connectivity index (χ2n) is 4.82. The maximum absolute atomic E-state index is 9.79. The fourth-order valence-electron chi connectivity index (χ4n) is 2.19. The summed E-state index contributed by atoms with van der Waals surface area (Å²) in [5.41, 5.74) is 4.12. The minimum absolute atomic E-state index is 0.239. The van der Waals surface area contributed by atoms with Gasteiger partial charge in [-0.2, -0.15) is 0 Å². The monoisotopic (exact) mass is 242 g/mol. The molecule has 94 valence electrons. The molecule has 2 aromatic rings. The van der Waals surface area contributed by atoms with Gasteiger partial charge in [-0.15, -0.1) is 0 Å². The molecule has 0 aliphatic heterocycles. The predicted octanol–water partition coefficient (Wildman–Crippen LogP) is 3.87. The summed E-state index contributed by atoms with van der Waals surface area (Å²) in [6, 6.07) is 11.3. The van der Waals surface area contributed by atoms with Gasteiger partial charge in [-0.05, 0) is 48.2 Å². The van der Waals surface area contributed by atoms with Gasteiger partial charge in [-0.3, -0.25) is 0 Å². The lowest BCUT2D eigenvalue weighted by molar-refractivity contribution is 0.466. The normalized spacial score (nSPS) is 12.4. The summed E-state index contributed by atoms with van der Waals surface area (Å²) in [6.07, 6.45) is 0. The van der Waals surface area contributed by atoms with Crippen LogP contribution >= 0.6 is 0 Å². The highest BCUT2D eigenvalue weighted by Gasteiger charge is 2.11. The summed E-state index contributed by atoms with van der Waals surface area (Å²) in [5, 5.41) is 19.1. The fourth-order valence-corrected chi connectivity index (χ4v) is 2.19. The summed E-state index contributed by atoms with van der Waals surface area (Å²) in [4.78, 5) is 0. The Kier molecular flexibility index (Phi) is 3.28. The molecule has 0 fully saturated rings. The first-order chi connectivity index (χ1) is 8.49. The third-order valence-electron chi connectivity index (χ3n) is 3.41. The standard InChI is InChI=1S/C16H18O2/c1-10-8-14(9-11(2)16(10)18)12(3)13-4-6-15(17)7-5-13/h4-9,12,17-18H,1-3H3. The minimum atomic E-state index is 0.239. The van der Waals surface area contributed by atoms with Crippen molar-refractivity contribution < 1.29 is 10.2 Å². The van der Waals surface area contributed by atoms with E-state index in [1.165, 1.54) is 5.56 Å². The molecule has 0 amide bonds. The molecule has 0 aliphatic rings. The Hall–Kier alpha value is -1.96. The van der Waals surface area contributed by atoms with E-state index in [-0.39, 0.29) is 11.7 Å². The van der Waals surface area contributed by atoms with Gasteiger partial charge in [0, 0.05) is 5.92 Å². The molecule has 2 aromatic carbocycles. The van der Waals surface area contributed by atoms with Crippen molar-refractivity contribution in [3.05, 3.63) is 58.7 Å². The van der Waals surface area contributed by atoms with Crippen LogP contribution in [0.2, 0.25) is 0 Å². The van der Waals surface area contributed by atoms with E-state index in [1.807, 2.05) is 38.1 Å². The van der Waals surface area contributed by atoms with E-state index in [2.05, 4.69) is 6.92 Å². The third-order valence-corrected chi connectivity index (χ3v) is 3.41. The Bertz CT molecular complexity index is 533. The lowest BCUT2D eigenvalue weighted by Crippen LogP contribution is -1.97. The van der Waals surface area contributed by atoms with Crippen molar-refractivity contribution in [1.29, 1.82) is 0 Å². The maximum Gasteiger partial charge on any atom is 0.121 e. The van der Waals surface area contributed by atoms with Crippen LogP contribution in [0.25, 0.3) is 0 Å². The van der Waals surface area contributed by atoms with Gasteiger partial charge in [0.15, 0.2) is 0 Å². The van der Waals surface area contributed by atoms with Gasteiger partial charge >= 0.3 is 0 Å². The van der Waals surface area contributed by atoms with Crippen LogP contribution in [0.3, 0.4) is 0 Å². The van der Waals surface area contributed by atoms with Crippen LogP contribution in [0.15, 0.2) is 36.4 Å². The van der Waals surface area contributed by atoms with Crippen LogP contribution in [0.5, 0.6) is 11.5 Å². The van der Waals surface area contributed by atoms with E-state index in [0.29, 0.717) is 5.75 Å². The zero-order valence-electron chi connectivity index (χ0n) is 10.9. The Labute approximate surface area is 108 Å². The average Bonchev–Trinajstić information content (AvgIpc) is 2.35. The first-order valence-electron chi connectivity index (χ1n) is 6.08. The Morgan fingerprint density at radius 3 is 1.83 bits per heavy atom. The third kappa shape index (κ3) is 2.33. The van der Waals surface area contributed by atoms with Crippen molar-refractivity contribution in [2.24, 2.45) is 0 Å². The quantitative estimate of drug-likeness (QED) is 0.839. The first-order valence-corrected chi connectivity index (χ1v) is 6.08. The van der Waals surface area contributed by atoms with Gasteiger partial charge in [-0.25, -0.2) is 0 Å². The summed E-state index contributed by atoms with van der Waals surface area (Å²) in [6.45, 7) is 5.95. The summed E-state index contributed by atoms with van der Waals surface area (Å²) in [5.74, 6) is 0.893. The van der Waals surface area contributed by atoms with E-state index in [0.717, 1.165) is 16.7 Å². The van der Waals surface area contributed by atoms with Crippen LogP contribution in [-0.2, 0) is 0 Å². The summed E-state index contributed by atoms with van der Waals surface area (Å²) in [7, 11) is 0. The number of hydrogen-bond donors (Lipinski definition) is 2. The van der Waals surface area contributed by atoms with Crippen LogP contribution in [0, 0.1) is 13.8 Å². The lowest BCUT2D eigenvalue weighted by Gasteiger charge is -2.15. The molecule has 0 heterocycles. The smallest absolute Gasteiger partial charge is 0.121 e. The van der Waals surface area contributed by atoms with E-state index in [9.17, 15) is 10.2 Å². The van der Waals surface area contributed by atoms with Crippen LogP contribution in [0.1, 0.15) is 35.1 Å². The molecule has 1 unspecified atom stereocenters. The lowest BCUT2D eigenvalue weighted by atomic mass is 9.90. The number of phenolic OH excluding ortho intramolecular Hbond substituents is 2. The Morgan fingerprint density at radius 1 is 0.833 bits per heavy atom. The van der Waals surface area contributed by atoms with Crippen LogP contribution < -0.4 is 0 Å². The second-order valence-corrected chi connectivity index (χ2v) is 4.82. The van der Waals surface area contributed by atoms with Crippen LogP contribution in [0.4, 0.5) is 0 Å². The van der Waals surface area contributed by atoms with Crippen molar-refractivity contribution >= 4 is 0 Å². The molecule has 0 aromatic heterocycles. The second kappa shape index (κ2) is 4.73. The number of aromatic hydroxyl groups is 2. The molecule has 1 atom stereocenters. The number of rotatable bonds is 2. The largest absolute Gasteiger partial charge is 0.508 e. The van der Waals surface area contributed by atoms with Gasteiger partial charge in [0.25, 0.3) is 0 Å². The molecule has 2 nitrogen and oxygen atoms in total. The molecular weight excluding hydrogens is 224 g/mol. The summed E-state index contributed by atoms with van der Waals surface area (Å²) >= 11 is 0. The highest BCUT2D eigenvalue weighted by atomic mass is 16.3. The number of aryl methyl sites for hydroxylation is 2. The van der Waals surface area contributed by atoms with Crippen molar-refractivity contribution in [2.45, 2.75) is 26.7 Å². The van der Waals surface area contributed by atoms with Crippen LogP contribution in [-0.4, -0.2) is 10.2 Å². The molecule has 18 heavy (non-hydrogen) atoms. The Morgan fingerprint density at radius 2 is 1.33 bits per heavy atom. The van der Waals surface area contributed by atoms with E-state index in [4.69, 9.17) is 0 Å². The maximum atomic E-state index is 9.79. The molecular formula is C16H18O2. The van der Waals surface area contributed by atoms with Gasteiger partial charge in [0.1, 0.15) is 11.5 Å². The molecule has 0 bridgehead atoms. The SMILES string of the molecule is Cc1cc(C(C)c2ccc(O)cc2)cc(C)c1O. The first kappa shape index (κ1) is 12.5. The molecule has 0 saturated carbocycles. The van der Waals surface area contributed by atoms with Gasteiger partial charge in [-0.1, -0.05) is 31.2 Å². The van der Waals surface area contributed by atoms with Crippen molar-refractivity contribution in [2.75, 3.05) is 0 Å². The number of benzene rings is 2. The van der Waals surface area contributed by atoms with Gasteiger partial charge < -0.3 is 10.2 Å². The highest BCUT2D eigenvalue weighted by molar-refractivity contribution is 5.45. The van der Waals surface area contributed by atoms with Crippen molar-refractivity contribution in [1.82, 2.24) is 0 Å². The minimum Gasteiger partial charge on any atom is -0.508 e. The highest BCUT2D eigenvalue weighted by Crippen LogP contribution is 2.30. The molecule has 2 N–H and O–H groups in total. The topological polar surface area (TPSA) is 40.5 Å². The van der Waals surface area contributed by atoms with E-state index < -0.39 is 0 Å². The zero-order chi connectivity index (χ0) is 13.3. The molecule has 0 aliphatic carbocycles. The molecule has 0 saturated heterocycles. The number of hydrogen-bond acceptors (Lipinski definition) is 2. The molecule has 2 heteroatoms. The Balaban J connectivity index is 2.39. The zero-order valence-corrected chi connectivity index (χ0v) is 10.9. The van der Waals surface area contributed by atoms with E-state index >= 15 is 0 Å². The molecule has 0 spiro atoms. The number of phenols is 2. The van der Waals surface area contributed by atoms with Crippen molar-refractivity contribution in [3.63, 3.8) is 0 Å². The van der Waals surface area contributed by atoms with Crippen molar-refractivity contribution in [3.8, 4) is 11.5 Å². The average molecular weight is 242 g/mol. The van der Waals surface area contributed by atoms with E-state index in [1.54, 1.807) is 12.1 Å². The molecule has 0 radical (unpaired) electrons. The fraction of sp³-hybridized carbons (Fsp3) is 0.250. The predicted molar refractivity (Wildman–Crippen MR) is 73.2 cm³/mol. The van der Waals surface area contributed by atoms with Gasteiger partial charge in [0.2, 0.25) is 0 Å².